The smallest absolute Gasteiger partial charge is 0.0446 e. The minimum Gasteiger partial charge on any atom is -0.338 e. The van der Waals surface area contributed by atoms with Crippen LogP contribution in [0.3, 0.4) is 0 Å². The van der Waals surface area contributed by atoms with E-state index in [1.54, 1.807) is 5.57 Å². The molecule has 1 heterocycles. The highest BCUT2D eigenvalue weighted by atomic mass is 15.2. The van der Waals surface area contributed by atoms with Crippen LogP contribution in [0.2, 0.25) is 0 Å². The fourth-order valence-electron chi connectivity index (χ4n) is 8.43. The molecular weight excluding hydrogens is 530 g/mol. The molecule has 1 saturated heterocycles. The van der Waals surface area contributed by atoms with Gasteiger partial charge in [-0.15, -0.1) is 0 Å². The highest BCUT2D eigenvalue weighted by molar-refractivity contribution is 6.19. The SMILES string of the molecule is C1=C(c2c3ccccc3c(-c3ccc4ccccc4c3)c3ccccc23)CC=C2C(=C1)N(c1ccccc1)C1CCCCC21. The molecule has 6 aromatic carbocycles. The molecule has 9 rings (SSSR count). The summed E-state index contributed by atoms with van der Waals surface area (Å²) in [5, 5.41) is 7.87. The molecule has 2 aliphatic carbocycles. The highest BCUT2D eigenvalue weighted by Crippen LogP contribution is 2.50. The predicted molar refractivity (Wildman–Crippen MR) is 188 cm³/mol. The van der Waals surface area contributed by atoms with Gasteiger partial charge >= 0.3 is 0 Å². The second-order valence-electron chi connectivity index (χ2n) is 12.7. The fraction of sp³-hybridized carbons (Fsp3) is 0.163. The summed E-state index contributed by atoms with van der Waals surface area (Å²) in [4.78, 5) is 2.66. The molecule has 1 nitrogen and oxygen atoms in total. The molecule has 212 valence electrons. The van der Waals surface area contributed by atoms with Crippen molar-refractivity contribution >= 4 is 43.6 Å². The van der Waals surface area contributed by atoms with E-state index in [4.69, 9.17) is 0 Å². The maximum Gasteiger partial charge on any atom is 0.0446 e. The van der Waals surface area contributed by atoms with E-state index >= 15 is 0 Å². The molecule has 0 radical (unpaired) electrons. The number of fused-ring (bicyclic) bond motifs is 6. The first-order valence-electron chi connectivity index (χ1n) is 16.2. The number of nitrogens with zero attached hydrogens (tertiary/aromatic N) is 1. The Balaban J connectivity index is 1.26. The van der Waals surface area contributed by atoms with Crippen LogP contribution >= 0.6 is 0 Å². The molecule has 2 fully saturated rings. The molecule has 1 saturated carbocycles. The van der Waals surface area contributed by atoms with E-state index in [1.165, 1.54) is 91.6 Å². The van der Waals surface area contributed by atoms with Crippen molar-refractivity contribution < 1.29 is 0 Å². The number of anilines is 1. The molecule has 6 aromatic rings. The third-order valence-corrected chi connectivity index (χ3v) is 10.3. The predicted octanol–water partition coefficient (Wildman–Crippen LogP) is 11.5. The topological polar surface area (TPSA) is 3.24 Å². The Hall–Kier alpha value is -4.88. The Kier molecular flexibility index (Phi) is 6.04. The third kappa shape index (κ3) is 3.99. The van der Waals surface area contributed by atoms with Crippen molar-refractivity contribution in [2.24, 2.45) is 5.92 Å². The minimum atomic E-state index is 0.571. The zero-order valence-electron chi connectivity index (χ0n) is 24.9. The Morgan fingerprint density at radius 2 is 1.18 bits per heavy atom. The van der Waals surface area contributed by atoms with E-state index < -0.39 is 0 Å². The van der Waals surface area contributed by atoms with Gasteiger partial charge in [0, 0.05) is 23.3 Å². The zero-order chi connectivity index (χ0) is 29.0. The van der Waals surface area contributed by atoms with E-state index in [0.717, 1.165) is 6.42 Å². The van der Waals surface area contributed by atoms with Gasteiger partial charge < -0.3 is 4.90 Å². The van der Waals surface area contributed by atoms with Crippen molar-refractivity contribution in [2.75, 3.05) is 4.90 Å². The van der Waals surface area contributed by atoms with E-state index in [9.17, 15) is 0 Å². The van der Waals surface area contributed by atoms with Crippen LogP contribution in [0.1, 0.15) is 37.7 Å². The van der Waals surface area contributed by atoms with Crippen LogP contribution in [0.4, 0.5) is 5.69 Å². The Labute approximate surface area is 259 Å². The van der Waals surface area contributed by atoms with Crippen molar-refractivity contribution in [1.82, 2.24) is 0 Å². The molecule has 2 unspecified atom stereocenters. The molecule has 0 amide bonds. The lowest BCUT2D eigenvalue weighted by Gasteiger charge is -2.33. The lowest BCUT2D eigenvalue weighted by molar-refractivity contribution is 0.373. The van der Waals surface area contributed by atoms with Crippen LogP contribution in [0.5, 0.6) is 0 Å². The minimum absolute atomic E-state index is 0.571. The molecular formula is C43H35N. The molecule has 44 heavy (non-hydrogen) atoms. The summed E-state index contributed by atoms with van der Waals surface area (Å²) in [6.45, 7) is 0. The second-order valence-corrected chi connectivity index (χ2v) is 12.7. The number of allylic oxidation sites excluding steroid dienone is 5. The van der Waals surface area contributed by atoms with Crippen LogP contribution in [-0.2, 0) is 0 Å². The van der Waals surface area contributed by atoms with Crippen molar-refractivity contribution in [3.63, 3.8) is 0 Å². The van der Waals surface area contributed by atoms with Crippen molar-refractivity contribution in [3.05, 3.63) is 156 Å². The van der Waals surface area contributed by atoms with Gasteiger partial charge in [-0.2, -0.15) is 0 Å². The summed E-state index contributed by atoms with van der Waals surface area (Å²) in [5.41, 5.74) is 9.67. The summed E-state index contributed by atoms with van der Waals surface area (Å²) >= 11 is 0. The molecule has 1 aliphatic heterocycles. The van der Waals surface area contributed by atoms with Crippen molar-refractivity contribution in [3.8, 4) is 11.1 Å². The van der Waals surface area contributed by atoms with Gasteiger partial charge in [-0.25, -0.2) is 0 Å². The van der Waals surface area contributed by atoms with Gasteiger partial charge in [0.1, 0.15) is 0 Å². The van der Waals surface area contributed by atoms with Crippen molar-refractivity contribution in [1.29, 1.82) is 0 Å². The number of benzene rings is 6. The third-order valence-electron chi connectivity index (χ3n) is 10.3. The summed E-state index contributed by atoms with van der Waals surface area (Å²) in [6.07, 6.45) is 13.6. The van der Waals surface area contributed by atoms with E-state index in [2.05, 4.69) is 144 Å². The van der Waals surface area contributed by atoms with Crippen LogP contribution in [0.25, 0.3) is 49.0 Å². The average Bonchev–Trinajstić information content (AvgIpc) is 3.25. The summed E-state index contributed by atoms with van der Waals surface area (Å²) in [6, 6.07) is 45.4. The second kappa shape index (κ2) is 10.4. The average molecular weight is 566 g/mol. The standard InChI is InChI=1S/C43H35N/c1-2-14-33(15-3-1)44-40-21-11-10-16-34(40)35-26-24-30(25-27-41(35)44)42-36-17-6-8-19-38(36)43(39-20-9-7-18-37(39)42)32-23-22-29-12-4-5-13-31(29)28-32/h1-9,12-15,17-20,22-23,25-28,34,40H,10-11,16,21,24H2. The molecule has 0 bridgehead atoms. The molecule has 0 aromatic heterocycles. The lowest BCUT2D eigenvalue weighted by atomic mass is 9.81. The molecule has 2 atom stereocenters. The summed E-state index contributed by atoms with van der Waals surface area (Å²) < 4.78 is 0. The number of hydrogen-bond donors (Lipinski definition) is 0. The largest absolute Gasteiger partial charge is 0.338 e. The van der Waals surface area contributed by atoms with Crippen molar-refractivity contribution in [2.45, 2.75) is 38.1 Å². The van der Waals surface area contributed by atoms with Gasteiger partial charge in [0.15, 0.2) is 0 Å². The summed E-state index contributed by atoms with van der Waals surface area (Å²) in [7, 11) is 0. The maximum absolute atomic E-state index is 2.66. The quantitative estimate of drug-likeness (QED) is 0.193. The number of hydrogen-bond acceptors (Lipinski definition) is 1. The first kappa shape index (κ1) is 25.6. The van der Waals surface area contributed by atoms with E-state index in [0.29, 0.717) is 12.0 Å². The van der Waals surface area contributed by atoms with Gasteiger partial charge in [0.05, 0.1) is 0 Å². The molecule has 1 heteroatoms. The number of rotatable bonds is 3. The lowest BCUT2D eigenvalue weighted by Crippen LogP contribution is -2.34. The van der Waals surface area contributed by atoms with Crippen LogP contribution in [0, 0.1) is 5.92 Å². The highest BCUT2D eigenvalue weighted by Gasteiger charge is 2.42. The Morgan fingerprint density at radius 1 is 0.545 bits per heavy atom. The Bertz CT molecular complexity index is 2110. The molecule has 0 spiro atoms. The summed E-state index contributed by atoms with van der Waals surface area (Å²) in [5.74, 6) is 0.617. The van der Waals surface area contributed by atoms with Gasteiger partial charge in [0.2, 0.25) is 0 Å². The number of para-hydroxylation sites is 1. The van der Waals surface area contributed by atoms with Crippen LogP contribution in [-0.4, -0.2) is 6.04 Å². The van der Waals surface area contributed by atoms with E-state index in [1.807, 2.05) is 0 Å². The monoisotopic (exact) mass is 565 g/mol. The van der Waals surface area contributed by atoms with E-state index in [-0.39, 0.29) is 0 Å². The Morgan fingerprint density at radius 3 is 1.93 bits per heavy atom. The first-order chi connectivity index (χ1) is 21.8. The van der Waals surface area contributed by atoms with Crippen LogP contribution in [0.15, 0.2) is 151 Å². The van der Waals surface area contributed by atoms with Crippen LogP contribution < -0.4 is 4.90 Å². The molecule has 0 N–H and O–H groups in total. The van der Waals surface area contributed by atoms with Gasteiger partial charge in [-0.05, 0) is 104 Å². The maximum atomic E-state index is 2.66. The van der Waals surface area contributed by atoms with Gasteiger partial charge in [-0.3, -0.25) is 0 Å². The normalized spacial score (nSPS) is 19.7. The zero-order valence-corrected chi connectivity index (χ0v) is 24.9. The first-order valence-corrected chi connectivity index (χ1v) is 16.2. The fourth-order valence-corrected chi connectivity index (χ4v) is 8.43. The van der Waals surface area contributed by atoms with Gasteiger partial charge in [-0.1, -0.05) is 128 Å². The molecule has 3 aliphatic rings. The van der Waals surface area contributed by atoms with Gasteiger partial charge in [0.25, 0.3) is 0 Å².